The quantitative estimate of drug-likeness (QED) is 0.882. The number of carboxylic acid groups (broad SMARTS) is 1. The number of rotatable bonds is 3. The van der Waals surface area contributed by atoms with Crippen molar-refractivity contribution in [2.75, 3.05) is 19.9 Å². The van der Waals surface area contributed by atoms with Crippen molar-refractivity contribution >= 4 is 5.97 Å². The Hall–Kier alpha value is -1.75. The molecule has 0 saturated carbocycles. The van der Waals surface area contributed by atoms with E-state index in [0.717, 1.165) is 31.5 Å². The number of carboxylic acids is 1. The van der Waals surface area contributed by atoms with Gasteiger partial charge in [-0.25, -0.2) is 0 Å². The summed E-state index contributed by atoms with van der Waals surface area (Å²) in [6, 6.07) is 4.79. The van der Waals surface area contributed by atoms with E-state index in [4.69, 9.17) is 9.47 Å². The Morgan fingerprint density at radius 2 is 1.94 bits per heavy atom. The molecule has 1 atom stereocenters. The highest BCUT2D eigenvalue weighted by Crippen LogP contribution is 2.36. The van der Waals surface area contributed by atoms with Crippen LogP contribution in [0.3, 0.4) is 0 Å². The Morgan fingerprint density at radius 1 is 1.22 bits per heavy atom. The molecule has 5 heteroatoms. The molecule has 0 aliphatic carbocycles. The van der Waals surface area contributed by atoms with Crippen molar-refractivity contribution in [2.45, 2.75) is 18.9 Å². The van der Waals surface area contributed by atoms with Crippen LogP contribution in [0.1, 0.15) is 24.4 Å². The predicted octanol–water partition coefficient (Wildman–Crippen LogP) is 1.64. The van der Waals surface area contributed by atoms with Gasteiger partial charge < -0.3 is 14.6 Å². The Balaban J connectivity index is 1.92. The van der Waals surface area contributed by atoms with Gasteiger partial charge >= 0.3 is 5.97 Å². The number of hydrogen-bond donors (Lipinski definition) is 1. The SMILES string of the molecule is O=C(O)C(c1ccc2c(c1)OCO2)N1CCCC1. The third-order valence-electron chi connectivity index (χ3n) is 3.45. The Morgan fingerprint density at radius 3 is 2.67 bits per heavy atom. The number of nitrogens with zero attached hydrogens (tertiary/aromatic N) is 1. The van der Waals surface area contributed by atoms with E-state index in [1.54, 1.807) is 12.1 Å². The molecule has 0 aromatic heterocycles. The highest BCUT2D eigenvalue weighted by Gasteiger charge is 2.30. The maximum absolute atomic E-state index is 11.5. The molecular formula is C13H15NO4. The van der Waals surface area contributed by atoms with Crippen LogP contribution in [0.25, 0.3) is 0 Å². The second kappa shape index (κ2) is 4.49. The molecular weight excluding hydrogens is 234 g/mol. The van der Waals surface area contributed by atoms with Gasteiger partial charge in [0.05, 0.1) is 0 Å². The molecule has 0 spiro atoms. The molecule has 96 valence electrons. The van der Waals surface area contributed by atoms with Crippen molar-refractivity contribution in [3.63, 3.8) is 0 Å². The van der Waals surface area contributed by atoms with E-state index in [1.807, 2.05) is 11.0 Å². The fourth-order valence-corrected chi connectivity index (χ4v) is 2.59. The summed E-state index contributed by atoms with van der Waals surface area (Å²) >= 11 is 0. The first-order valence-electron chi connectivity index (χ1n) is 6.12. The molecule has 2 heterocycles. The van der Waals surface area contributed by atoms with E-state index in [9.17, 15) is 9.90 Å². The molecule has 5 nitrogen and oxygen atoms in total. The third kappa shape index (κ3) is 1.90. The van der Waals surface area contributed by atoms with Gasteiger partial charge in [0.25, 0.3) is 0 Å². The first-order chi connectivity index (χ1) is 8.75. The molecule has 1 aromatic carbocycles. The van der Waals surface area contributed by atoms with Crippen molar-refractivity contribution in [1.29, 1.82) is 0 Å². The lowest BCUT2D eigenvalue weighted by atomic mass is 10.1. The number of hydrogen-bond acceptors (Lipinski definition) is 4. The fourth-order valence-electron chi connectivity index (χ4n) is 2.59. The predicted molar refractivity (Wildman–Crippen MR) is 63.7 cm³/mol. The van der Waals surface area contributed by atoms with E-state index >= 15 is 0 Å². The molecule has 0 amide bonds. The van der Waals surface area contributed by atoms with Crippen LogP contribution in [0.4, 0.5) is 0 Å². The van der Waals surface area contributed by atoms with Crippen LogP contribution in [0.2, 0.25) is 0 Å². The third-order valence-corrected chi connectivity index (χ3v) is 3.45. The van der Waals surface area contributed by atoms with Crippen molar-refractivity contribution in [1.82, 2.24) is 4.90 Å². The van der Waals surface area contributed by atoms with Crippen LogP contribution in [-0.4, -0.2) is 35.9 Å². The molecule has 0 bridgehead atoms. The van der Waals surface area contributed by atoms with Gasteiger partial charge in [0.2, 0.25) is 6.79 Å². The van der Waals surface area contributed by atoms with E-state index in [1.165, 1.54) is 0 Å². The van der Waals surface area contributed by atoms with Crippen molar-refractivity contribution in [2.24, 2.45) is 0 Å². The maximum Gasteiger partial charge on any atom is 0.325 e. The van der Waals surface area contributed by atoms with Crippen molar-refractivity contribution in [3.8, 4) is 11.5 Å². The van der Waals surface area contributed by atoms with Gasteiger partial charge in [0.1, 0.15) is 6.04 Å². The molecule has 2 aliphatic rings. The number of aliphatic carboxylic acids is 1. The Labute approximate surface area is 105 Å². The van der Waals surface area contributed by atoms with Crippen LogP contribution in [-0.2, 0) is 4.79 Å². The van der Waals surface area contributed by atoms with Crippen molar-refractivity contribution in [3.05, 3.63) is 23.8 Å². The Bertz CT molecular complexity index is 468. The highest BCUT2D eigenvalue weighted by atomic mass is 16.7. The molecule has 1 unspecified atom stereocenters. The van der Waals surface area contributed by atoms with E-state index in [-0.39, 0.29) is 6.79 Å². The van der Waals surface area contributed by atoms with Crippen LogP contribution in [0.15, 0.2) is 18.2 Å². The summed E-state index contributed by atoms with van der Waals surface area (Å²) in [5, 5.41) is 9.42. The van der Waals surface area contributed by atoms with Crippen LogP contribution in [0.5, 0.6) is 11.5 Å². The van der Waals surface area contributed by atoms with Gasteiger partial charge in [-0.05, 0) is 43.6 Å². The molecule has 3 rings (SSSR count). The largest absolute Gasteiger partial charge is 0.480 e. The van der Waals surface area contributed by atoms with Crippen LogP contribution < -0.4 is 9.47 Å². The van der Waals surface area contributed by atoms with Gasteiger partial charge in [-0.3, -0.25) is 9.69 Å². The number of ether oxygens (including phenoxy) is 2. The van der Waals surface area contributed by atoms with Gasteiger partial charge in [0.15, 0.2) is 11.5 Å². The second-order valence-corrected chi connectivity index (χ2v) is 4.60. The number of likely N-dealkylation sites (tertiary alicyclic amines) is 1. The zero-order valence-corrected chi connectivity index (χ0v) is 9.96. The summed E-state index contributed by atoms with van der Waals surface area (Å²) in [5.74, 6) is 0.512. The van der Waals surface area contributed by atoms with Crippen LogP contribution in [0, 0.1) is 0 Å². The lowest BCUT2D eigenvalue weighted by Gasteiger charge is -2.24. The highest BCUT2D eigenvalue weighted by molar-refractivity contribution is 5.76. The standard InChI is InChI=1S/C13H15NO4/c15-13(16)12(14-5-1-2-6-14)9-3-4-10-11(7-9)18-8-17-10/h3-4,7,12H,1-2,5-6,8H2,(H,15,16). The van der Waals surface area contributed by atoms with E-state index in [2.05, 4.69) is 0 Å². The van der Waals surface area contributed by atoms with Gasteiger partial charge in [0, 0.05) is 0 Å². The lowest BCUT2D eigenvalue weighted by molar-refractivity contribution is -0.143. The van der Waals surface area contributed by atoms with Gasteiger partial charge in [-0.1, -0.05) is 6.07 Å². The minimum Gasteiger partial charge on any atom is -0.480 e. The zero-order chi connectivity index (χ0) is 12.5. The average Bonchev–Trinajstić information content (AvgIpc) is 2.98. The van der Waals surface area contributed by atoms with Gasteiger partial charge in [-0.2, -0.15) is 0 Å². The molecule has 18 heavy (non-hydrogen) atoms. The summed E-state index contributed by atoms with van der Waals surface area (Å²) in [6.07, 6.45) is 2.13. The number of carbonyl (C=O) groups is 1. The molecule has 1 fully saturated rings. The minimum atomic E-state index is -0.809. The molecule has 1 saturated heterocycles. The van der Waals surface area contributed by atoms with Crippen LogP contribution >= 0.6 is 0 Å². The summed E-state index contributed by atoms with van der Waals surface area (Å²) < 4.78 is 10.5. The number of benzene rings is 1. The molecule has 1 aromatic rings. The number of fused-ring (bicyclic) bond motifs is 1. The minimum absolute atomic E-state index is 0.209. The summed E-state index contributed by atoms with van der Waals surface area (Å²) in [7, 11) is 0. The summed E-state index contributed by atoms with van der Waals surface area (Å²) in [4.78, 5) is 13.5. The summed E-state index contributed by atoms with van der Waals surface area (Å²) in [6.45, 7) is 1.89. The second-order valence-electron chi connectivity index (χ2n) is 4.60. The first-order valence-corrected chi connectivity index (χ1v) is 6.12. The van der Waals surface area contributed by atoms with E-state index in [0.29, 0.717) is 11.5 Å². The normalized spacial score (nSPS) is 20.0. The zero-order valence-electron chi connectivity index (χ0n) is 9.96. The van der Waals surface area contributed by atoms with Crippen molar-refractivity contribution < 1.29 is 19.4 Å². The van der Waals surface area contributed by atoms with E-state index < -0.39 is 12.0 Å². The first kappa shape index (κ1) is 11.3. The molecule has 1 N–H and O–H groups in total. The fraction of sp³-hybridized carbons (Fsp3) is 0.462. The lowest BCUT2D eigenvalue weighted by Crippen LogP contribution is -2.31. The average molecular weight is 249 g/mol. The smallest absolute Gasteiger partial charge is 0.325 e. The molecule has 2 aliphatic heterocycles. The Kier molecular flexibility index (Phi) is 2.83. The molecule has 0 radical (unpaired) electrons. The maximum atomic E-state index is 11.5. The summed E-state index contributed by atoms with van der Waals surface area (Å²) in [5.41, 5.74) is 0.758. The topological polar surface area (TPSA) is 59.0 Å². The monoisotopic (exact) mass is 249 g/mol. The van der Waals surface area contributed by atoms with Gasteiger partial charge in [-0.15, -0.1) is 0 Å².